The summed E-state index contributed by atoms with van der Waals surface area (Å²) in [6.07, 6.45) is -0.308. The van der Waals surface area contributed by atoms with Crippen molar-refractivity contribution >= 4 is 39.8 Å². The number of alkyl halides is 2. The van der Waals surface area contributed by atoms with Crippen molar-refractivity contribution in [2.24, 2.45) is 0 Å². The van der Waals surface area contributed by atoms with E-state index in [0.717, 1.165) is 29.7 Å². The van der Waals surface area contributed by atoms with E-state index < -0.39 is 24.8 Å². The van der Waals surface area contributed by atoms with Gasteiger partial charge in [-0.05, 0) is 43.4 Å². The second-order valence-electron chi connectivity index (χ2n) is 7.05. The van der Waals surface area contributed by atoms with Gasteiger partial charge in [0, 0.05) is 23.6 Å². The molecule has 1 aromatic carbocycles. The van der Waals surface area contributed by atoms with Gasteiger partial charge in [-0.25, -0.2) is 4.79 Å². The van der Waals surface area contributed by atoms with Crippen LogP contribution < -0.4 is 20.1 Å². The first-order chi connectivity index (χ1) is 14.7. The minimum Gasteiger partial charge on any atom is -0.452 e. The summed E-state index contributed by atoms with van der Waals surface area (Å²) in [5.74, 6) is -2.04. The van der Waals surface area contributed by atoms with E-state index in [1.165, 1.54) is 36.5 Å². The van der Waals surface area contributed by atoms with Crippen LogP contribution in [0.25, 0.3) is 0 Å². The van der Waals surface area contributed by atoms with E-state index in [1.54, 1.807) is 0 Å². The van der Waals surface area contributed by atoms with E-state index in [2.05, 4.69) is 20.1 Å². The number of anilines is 2. The van der Waals surface area contributed by atoms with Crippen molar-refractivity contribution < 1.29 is 37.4 Å². The molecule has 2 amide bonds. The van der Waals surface area contributed by atoms with Crippen molar-refractivity contribution in [3.63, 3.8) is 0 Å². The first-order valence-corrected chi connectivity index (χ1v) is 10.3. The molecule has 0 bridgehead atoms. The highest BCUT2D eigenvalue weighted by atomic mass is 32.1. The summed E-state index contributed by atoms with van der Waals surface area (Å²) in [6, 6.07) is 3.77. The molecule has 0 radical (unpaired) electrons. The molecule has 4 rings (SSSR count). The molecular formula is C20H18F2N2O6S. The predicted molar refractivity (Wildman–Crippen MR) is 107 cm³/mol. The molecule has 0 unspecified atom stereocenters. The van der Waals surface area contributed by atoms with Gasteiger partial charge in [-0.2, -0.15) is 0 Å². The molecular weight excluding hydrogens is 434 g/mol. The quantitative estimate of drug-likeness (QED) is 0.671. The molecule has 8 nitrogen and oxygen atoms in total. The zero-order chi connectivity index (χ0) is 22.2. The third-order valence-electron chi connectivity index (χ3n) is 4.68. The Balaban J connectivity index is 1.41. The molecule has 0 saturated carbocycles. The van der Waals surface area contributed by atoms with Crippen LogP contribution in [0, 0.1) is 0 Å². The van der Waals surface area contributed by atoms with Gasteiger partial charge >= 0.3 is 12.3 Å². The van der Waals surface area contributed by atoms with Crippen LogP contribution in [0.4, 0.5) is 19.5 Å². The molecule has 0 saturated heterocycles. The van der Waals surface area contributed by atoms with Crippen LogP contribution in [0.3, 0.4) is 0 Å². The maximum Gasteiger partial charge on any atom is 0.586 e. The molecule has 1 aliphatic heterocycles. The summed E-state index contributed by atoms with van der Waals surface area (Å²) in [7, 11) is 0. The number of benzene rings is 1. The third kappa shape index (κ3) is 4.61. The molecule has 11 heteroatoms. The standard InChI is InChI=1S/C20H18F2N2O6S/c1-10(25)23-18-17(12-4-2-3-5-15(12)31-18)19(27)28-9-16(26)24-11-6-7-13-14(8-11)30-20(21,22)29-13/h6-8H,2-5,9H2,1H3,(H,23,25)(H,24,26). The number of halogens is 2. The van der Waals surface area contributed by atoms with Gasteiger partial charge in [0.25, 0.3) is 5.91 Å². The van der Waals surface area contributed by atoms with Gasteiger partial charge in [0.1, 0.15) is 5.00 Å². The molecule has 1 aliphatic carbocycles. The van der Waals surface area contributed by atoms with Crippen LogP contribution in [0.2, 0.25) is 0 Å². The van der Waals surface area contributed by atoms with Gasteiger partial charge in [0.2, 0.25) is 5.91 Å². The topological polar surface area (TPSA) is 103 Å². The van der Waals surface area contributed by atoms with Crippen molar-refractivity contribution in [1.29, 1.82) is 0 Å². The van der Waals surface area contributed by atoms with Gasteiger partial charge in [0.05, 0.1) is 5.56 Å². The fourth-order valence-corrected chi connectivity index (χ4v) is 4.78. The summed E-state index contributed by atoms with van der Waals surface area (Å²) in [6.45, 7) is 0.760. The molecule has 164 valence electrons. The lowest BCUT2D eigenvalue weighted by Crippen LogP contribution is -2.25. The summed E-state index contributed by atoms with van der Waals surface area (Å²) in [4.78, 5) is 37.4. The smallest absolute Gasteiger partial charge is 0.452 e. The van der Waals surface area contributed by atoms with Gasteiger partial charge in [-0.3, -0.25) is 9.59 Å². The lowest BCUT2D eigenvalue weighted by molar-refractivity contribution is -0.286. The number of ether oxygens (including phenoxy) is 3. The number of carbonyl (C=O) groups is 3. The second kappa shape index (κ2) is 8.14. The van der Waals surface area contributed by atoms with Crippen molar-refractivity contribution in [1.82, 2.24) is 0 Å². The molecule has 2 aliphatic rings. The number of nitrogens with one attached hydrogen (secondary N) is 2. The van der Waals surface area contributed by atoms with Crippen LogP contribution in [0.15, 0.2) is 18.2 Å². The van der Waals surface area contributed by atoms with Gasteiger partial charge < -0.3 is 24.8 Å². The highest BCUT2D eigenvalue weighted by Gasteiger charge is 2.43. The second-order valence-corrected chi connectivity index (χ2v) is 8.15. The normalized spacial score (nSPS) is 15.7. The number of aryl methyl sites for hydroxylation is 1. The number of amides is 2. The van der Waals surface area contributed by atoms with E-state index in [0.29, 0.717) is 11.4 Å². The Labute approximate surface area is 179 Å². The predicted octanol–water partition coefficient (Wildman–Crippen LogP) is 3.70. The molecule has 0 fully saturated rings. The van der Waals surface area contributed by atoms with E-state index in [-0.39, 0.29) is 28.7 Å². The van der Waals surface area contributed by atoms with Crippen molar-refractivity contribution in [3.8, 4) is 11.5 Å². The van der Waals surface area contributed by atoms with Crippen LogP contribution in [0.5, 0.6) is 11.5 Å². The number of hydrogen-bond donors (Lipinski definition) is 2. The van der Waals surface area contributed by atoms with Crippen LogP contribution >= 0.6 is 11.3 Å². The Morgan fingerprint density at radius 2 is 1.87 bits per heavy atom. The number of carbonyl (C=O) groups excluding carboxylic acids is 3. The summed E-state index contributed by atoms with van der Waals surface area (Å²) in [5.41, 5.74) is 1.31. The molecule has 0 spiro atoms. The Hall–Kier alpha value is -3.21. The summed E-state index contributed by atoms with van der Waals surface area (Å²) < 4.78 is 40.0. The Bertz CT molecular complexity index is 1070. The first kappa shape index (κ1) is 21.0. The zero-order valence-electron chi connectivity index (χ0n) is 16.4. The maximum atomic E-state index is 13.1. The average Bonchev–Trinajstić information content (AvgIpc) is 3.20. The van der Waals surface area contributed by atoms with Gasteiger partial charge in [-0.1, -0.05) is 0 Å². The zero-order valence-corrected chi connectivity index (χ0v) is 17.2. The summed E-state index contributed by atoms with van der Waals surface area (Å²) in [5, 5.41) is 5.52. The van der Waals surface area contributed by atoms with Crippen LogP contribution in [0.1, 0.15) is 40.6 Å². The van der Waals surface area contributed by atoms with Crippen LogP contribution in [-0.2, 0) is 27.2 Å². The molecule has 31 heavy (non-hydrogen) atoms. The molecule has 1 aromatic heterocycles. The van der Waals surface area contributed by atoms with E-state index >= 15 is 0 Å². The highest BCUT2D eigenvalue weighted by Crippen LogP contribution is 2.42. The van der Waals surface area contributed by atoms with Crippen molar-refractivity contribution in [3.05, 3.63) is 34.2 Å². The van der Waals surface area contributed by atoms with Crippen LogP contribution in [-0.4, -0.2) is 30.7 Å². The fourth-order valence-electron chi connectivity index (χ4n) is 3.46. The first-order valence-electron chi connectivity index (χ1n) is 9.51. The maximum absolute atomic E-state index is 13.1. The number of fused-ring (bicyclic) bond motifs is 2. The molecule has 0 atom stereocenters. The molecule has 2 aromatic rings. The van der Waals surface area contributed by atoms with Crippen molar-refractivity contribution in [2.45, 2.75) is 38.9 Å². The molecule has 2 N–H and O–H groups in total. The molecule has 2 heterocycles. The van der Waals surface area contributed by atoms with E-state index in [1.807, 2.05) is 0 Å². The minimum atomic E-state index is -3.76. The third-order valence-corrected chi connectivity index (χ3v) is 5.89. The fraction of sp³-hybridized carbons (Fsp3) is 0.350. The largest absolute Gasteiger partial charge is 0.586 e. The monoisotopic (exact) mass is 452 g/mol. The number of esters is 1. The van der Waals surface area contributed by atoms with E-state index in [9.17, 15) is 23.2 Å². The number of thiophene rings is 1. The number of hydrogen-bond acceptors (Lipinski definition) is 7. The lowest BCUT2D eigenvalue weighted by atomic mass is 9.95. The Morgan fingerprint density at radius 1 is 1.13 bits per heavy atom. The average molecular weight is 452 g/mol. The Morgan fingerprint density at radius 3 is 2.65 bits per heavy atom. The van der Waals surface area contributed by atoms with E-state index in [4.69, 9.17) is 4.74 Å². The Kier molecular flexibility index (Phi) is 5.52. The SMILES string of the molecule is CC(=O)Nc1sc2c(c1C(=O)OCC(=O)Nc1ccc3c(c1)OC(F)(F)O3)CCCC2. The lowest BCUT2D eigenvalue weighted by Gasteiger charge is -2.13. The minimum absolute atomic E-state index is 0.151. The summed E-state index contributed by atoms with van der Waals surface area (Å²) >= 11 is 1.35. The highest BCUT2D eigenvalue weighted by molar-refractivity contribution is 7.17. The number of rotatable bonds is 5. The van der Waals surface area contributed by atoms with Gasteiger partial charge in [0.15, 0.2) is 18.1 Å². The van der Waals surface area contributed by atoms with Crippen molar-refractivity contribution in [2.75, 3.05) is 17.2 Å². The van der Waals surface area contributed by atoms with Gasteiger partial charge in [-0.15, -0.1) is 20.1 Å².